The molecule has 0 atom stereocenters. The van der Waals surface area contributed by atoms with Crippen molar-refractivity contribution < 1.29 is 9.47 Å². The maximum Gasteiger partial charge on any atom is 0.220 e. The molecular weight excluding hydrogens is 206 g/mol. The van der Waals surface area contributed by atoms with Crippen molar-refractivity contribution in [2.45, 2.75) is 26.2 Å². The Kier molecular flexibility index (Phi) is 4.06. The highest BCUT2D eigenvalue weighted by Gasteiger charge is 2.21. The van der Waals surface area contributed by atoms with Crippen LogP contribution >= 0.6 is 0 Å². The summed E-state index contributed by atoms with van der Waals surface area (Å²) in [5.41, 5.74) is 6.27. The van der Waals surface area contributed by atoms with Crippen LogP contribution in [0.25, 0.3) is 0 Å². The molecule has 0 aliphatic rings. The smallest absolute Gasteiger partial charge is 0.220 e. The van der Waals surface area contributed by atoms with Crippen molar-refractivity contribution in [2.24, 2.45) is 0 Å². The highest BCUT2D eigenvalue weighted by Crippen LogP contribution is 2.29. The van der Waals surface area contributed by atoms with Crippen LogP contribution in [-0.2, 0) is 10.2 Å². The van der Waals surface area contributed by atoms with Gasteiger partial charge in [-0.25, -0.2) is 9.97 Å². The summed E-state index contributed by atoms with van der Waals surface area (Å²) in [5, 5.41) is 0. The van der Waals surface area contributed by atoms with Crippen LogP contribution in [0.15, 0.2) is 6.20 Å². The van der Waals surface area contributed by atoms with Gasteiger partial charge in [0.05, 0.1) is 18.5 Å². The molecule has 0 unspecified atom stereocenters. The minimum absolute atomic E-state index is 0.126. The molecule has 0 bridgehead atoms. The SMILES string of the molecule is COCCOc1cnc(N)nc1C(C)(C)C. The third kappa shape index (κ3) is 3.34. The summed E-state index contributed by atoms with van der Waals surface area (Å²) in [6.07, 6.45) is 1.61. The predicted molar refractivity (Wildman–Crippen MR) is 62.5 cm³/mol. The summed E-state index contributed by atoms with van der Waals surface area (Å²) in [7, 11) is 1.63. The molecule has 0 fully saturated rings. The van der Waals surface area contributed by atoms with E-state index in [9.17, 15) is 0 Å². The van der Waals surface area contributed by atoms with Gasteiger partial charge >= 0.3 is 0 Å². The van der Waals surface area contributed by atoms with E-state index in [1.165, 1.54) is 0 Å². The molecule has 0 aliphatic heterocycles. The van der Waals surface area contributed by atoms with E-state index in [1.807, 2.05) is 0 Å². The molecular formula is C11H19N3O2. The summed E-state index contributed by atoms with van der Waals surface area (Å²) in [6.45, 7) is 7.18. The molecule has 0 aromatic carbocycles. The Morgan fingerprint density at radius 3 is 2.56 bits per heavy atom. The summed E-state index contributed by atoms with van der Waals surface area (Å²) in [6, 6.07) is 0. The molecule has 0 spiro atoms. The zero-order valence-electron chi connectivity index (χ0n) is 10.3. The Morgan fingerprint density at radius 2 is 2.00 bits per heavy atom. The van der Waals surface area contributed by atoms with Gasteiger partial charge in [0, 0.05) is 12.5 Å². The van der Waals surface area contributed by atoms with Gasteiger partial charge in [-0.05, 0) is 0 Å². The van der Waals surface area contributed by atoms with E-state index < -0.39 is 0 Å². The number of nitrogens with two attached hydrogens (primary N) is 1. The summed E-state index contributed by atoms with van der Waals surface area (Å²) in [4.78, 5) is 8.16. The molecule has 1 rings (SSSR count). The van der Waals surface area contributed by atoms with Crippen LogP contribution in [0.2, 0.25) is 0 Å². The number of ether oxygens (including phenoxy) is 2. The molecule has 16 heavy (non-hydrogen) atoms. The highest BCUT2D eigenvalue weighted by atomic mass is 16.5. The molecule has 5 heteroatoms. The van der Waals surface area contributed by atoms with Crippen molar-refractivity contribution in [2.75, 3.05) is 26.1 Å². The van der Waals surface area contributed by atoms with Gasteiger partial charge in [0.15, 0.2) is 5.75 Å². The van der Waals surface area contributed by atoms with Gasteiger partial charge in [0.2, 0.25) is 5.95 Å². The molecule has 5 nitrogen and oxygen atoms in total. The predicted octanol–water partition coefficient (Wildman–Crippen LogP) is 1.38. The molecule has 0 saturated carbocycles. The topological polar surface area (TPSA) is 70.3 Å². The van der Waals surface area contributed by atoms with E-state index in [0.29, 0.717) is 19.0 Å². The average Bonchev–Trinajstić information content (AvgIpc) is 2.19. The minimum atomic E-state index is -0.126. The van der Waals surface area contributed by atoms with Crippen LogP contribution in [0.4, 0.5) is 5.95 Å². The first-order chi connectivity index (χ1) is 7.45. The molecule has 0 aliphatic carbocycles. The van der Waals surface area contributed by atoms with E-state index in [4.69, 9.17) is 15.2 Å². The number of methoxy groups -OCH3 is 1. The van der Waals surface area contributed by atoms with Gasteiger partial charge in [-0.15, -0.1) is 0 Å². The maximum absolute atomic E-state index is 5.58. The summed E-state index contributed by atoms with van der Waals surface area (Å²) >= 11 is 0. The Labute approximate surface area is 96.0 Å². The molecule has 0 amide bonds. The van der Waals surface area contributed by atoms with Crippen molar-refractivity contribution in [3.8, 4) is 5.75 Å². The fraction of sp³-hybridized carbons (Fsp3) is 0.636. The number of hydrogen-bond acceptors (Lipinski definition) is 5. The largest absolute Gasteiger partial charge is 0.488 e. The van der Waals surface area contributed by atoms with Crippen molar-refractivity contribution in [1.82, 2.24) is 9.97 Å². The lowest BCUT2D eigenvalue weighted by Crippen LogP contribution is -2.18. The normalized spacial score (nSPS) is 11.5. The van der Waals surface area contributed by atoms with E-state index in [-0.39, 0.29) is 11.4 Å². The Balaban J connectivity index is 2.90. The number of hydrogen-bond donors (Lipinski definition) is 1. The van der Waals surface area contributed by atoms with Crippen LogP contribution in [0.3, 0.4) is 0 Å². The van der Waals surface area contributed by atoms with Crippen molar-refractivity contribution >= 4 is 5.95 Å². The van der Waals surface area contributed by atoms with Gasteiger partial charge in [0.1, 0.15) is 6.61 Å². The van der Waals surface area contributed by atoms with E-state index in [2.05, 4.69) is 30.7 Å². The fourth-order valence-corrected chi connectivity index (χ4v) is 1.26. The fourth-order valence-electron chi connectivity index (χ4n) is 1.26. The number of rotatable bonds is 4. The second kappa shape index (κ2) is 5.12. The lowest BCUT2D eigenvalue weighted by Gasteiger charge is -2.21. The second-order valence-electron chi connectivity index (χ2n) is 4.53. The highest BCUT2D eigenvalue weighted by molar-refractivity contribution is 5.34. The van der Waals surface area contributed by atoms with Crippen molar-refractivity contribution in [3.63, 3.8) is 0 Å². The van der Waals surface area contributed by atoms with Gasteiger partial charge in [0.25, 0.3) is 0 Å². The Hall–Kier alpha value is -1.36. The molecule has 0 saturated heterocycles. The third-order valence-electron chi connectivity index (χ3n) is 2.03. The van der Waals surface area contributed by atoms with Gasteiger partial charge < -0.3 is 15.2 Å². The summed E-state index contributed by atoms with van der Waals surface area (Å²) in [5.74, 6) is 0.933. The number of anilines is 1. The molecule has 1 aromatic heterocycles. The minimum Gasteiger partial charge on any atom is -0.488 e. The van der Waals surface area contributed by atoms with Crippen molar-refractivity contribution in [1.29, 1.82) is 0 Å². The third-order valence-corrected chi connectivity index (χ3v) is 2.03. The standard InChI is InChI=1S/C11H19N3O2/c1-11(2,3)9-8(16-6-5-15-4)7-13-10(12)14-9/h7H,5-6H2,1-4H3,(H2,12,13,14). The first-order valence-electron chi connectivity index (χ1n) is 5.20. The van der Waals surface area contributed by atoms with Crippen molar-refractivity contribution in [3.05, 3.63) is 11.9 Å². The number of aromatic nitrogens is 2. The molecule has 0 radical (unpaired) electrons. The molecule has 90 valence electrons. The zero-order valence-corrected chi connectivity index (χ0v) is 10.3. The lowest BCUT2D eigenvalue weighted by molar-refractivity contribution is 0.144. The van der Waals surface area contributed by atoms with E-state index >= 15 is 0 Å². The maximum atomic E-state index is 5.58. The number of nitrogens with zero attached hydrogens (tertiary/aromatic N) is 2. The van der Waals surface area contributed by atoms with Crippen LogP contribution in [-0.4, -0.2) is 30.3 Å². The van der Waals surface area contributed by atoms with Crippen LogP contribution < -0.4 is 10.5 Å². The molecule has 1 heterocycles. The molecule has 1 aromatic rings. The second-order valence-corrected chi connectivity index (χ2v) is 4.53. The Bertz CT molecular complexity index is 348. The van der Waals surface area contributed by atoms with Gasteiger partial charge in [-0.3, -0.25) is 0 Å². The average molecular weight is 225 g/mol. The molecule has 2 N–H and O–H groups in total. The van der Waals surface area contributed by atoms with Crippen LogP contribution in [0, 0.1) is 0 Å². The summed E-state index contributed by atoms with van der Waals surface area (Å²) < 4.78 is 10.5. The Morgan fingerprint density at radius 1 is 1.31 bits per heavy atom. The van der Waals surface area contributed by atoms with Gasteiger partial charge in [-0.1, -0.05) is 20.8 Å². The first kappa shape index (κ1) is 12.7. The van der Waals surface area contributed by atoms with Crippen LogP contribution in [0.5, 0.6) is 5.75 Å². The zero-order chi connectivity index (χ0) is 12.2. The first-order valence-corrected chi connectivity index (χ1v) is 5.20. The van der Waals surface area contributed by atoms with Crippen LogP contribution in [0.1, 0.15) is 26.5 Å². The number of nitrogen functional groups attached to an aromatic ring is 1. The van der Waals surface area contributed by atoms with E-state index in [0.717, 1.165) is 5.69 Å². The lowest BCUT2D eigenvalue weighted by atomic mass is 9.91. The van der Waals surface area contributed by atoms with E-state index in [1.54, 1.807) is 13.3 Å². The monoisotopic (exact) mass is 225 g/mol. The van der Waals surface area contributed by atoms with Gasteiger partial charge in [-0.2, -0.15) is 0 Å². The quantitative estimate of drug-likeness (QED) is 0.784.